The average Bonchev–Trinajstić information content (AvgIpc) is 2.26. The van der Waals surface area contributed by atoms with Crippen LogP contribution in [0.2, 0.25) is 0 Å². The van der Waals surface area contributed by atoms with Crippen molar-refractivity contribution in [3.63, 3.8) is 0 Å². The fourth-order valence-electron chi connectivity index (χ4n) is 1.69. The Kier molecular flexibility index (Phi) is 9.09. The van der Waals surface area contributed by atoms with Crippen molar-refractivity contribution >= 4 is 5.97 Å². The van der Waals surface area contributed by atoms with Crippen molar-refractivity contribution in [3.8, 4) is 0 Å². The summed E-state index contributed by atoms with van der Waals surface area (Å²) in [6.45, 7) is 9.38. The molecule has 4 nitrogen and oxygen atoms in total. The molecule has 2 atom stereocenters. The number of esters is 1. The standard InChI is InChI=1S/C13H27NO3/c1-6-7-11(4)8-17-9-12(13(15)16-5)14-10(2)3/h10-12,14H,6-9H2,1-5H3. The molecule has 0 rings (SSSR count). The maximum absolute atomic E-state index is 11.5. The van der Waals surface area contributed by atoms with Gasteiger partial charge in [0, 0.05) is 12.6 Å². The third kappa shape index (κ3) is 8.16. The number of rotatable bonds is 9. The molecule has 0 fully saturated rings. The average molecular weight is 245 g/mol. The quantitative estimate of drug-likeness (QED) is 0.631. The van der Waals surface area contributed by atoms with Crippen LogP contribution in [0, 0.1) is 5.92 Å². The van der Waals surface area contributed by atoms with Gasteiger partial charge in [0.25, 0.3) is 0 Å². The zero-order chi connectivity index (χ0) is 13.3. The second kappa shape index (κ2) is 9.42. The van der Waals surface area contributed by atoms with E-state index in [0.717, 1.165) is 12.8 Å². The minimum Gasteiger partial charge on any atom is -0.468 e. The van der Waals surface area contributed by atoms with Gasteiger partial charge in [0.1, 0.15) is 6.04 Å². The van der Waals surface area contributed by atoms with Gasteiger partial charge in [0.05, 0.1) is 13.7 Å². The van der Waals surface area contributed by atoms with Gasteiger partial charge < -0.3 is 14.8 Å². The van der Waals surface area contributed by atoms with Crippen molar-refractivity contribution in [2.45, 2.75) is 52.6 Å². The van der Waals surface area contributed by atoms with Crippen molar-refractivity contribution < 1.29 is 14.3 Å². The predicted molar refractivity (Wildman–Crippen MR) is 69.0 cm³/mol. The van der Waals surface area contributed by atoms with Crippen molar-refractivity contribution in [2.75, 3.05) is 20.3 Å². The van der Waals surface area contributed by atoms with Crippen molar-refractivity contribution in [2.24, 2.45) is 5.92 Å². The molecule has 0 amide bonds. The molecule has 0 aliphatic heterocycles. The second-order valence-electron chi connectivity index (χ2n) is 4.83. The van der Waals surface area contributed by atoms with E-state index in [2.05, 4.69) is 19.2 Å². The SMILES string of the molecule is CCCC(C)COCC(NC(C)C)C(=O)OC. The van der Waals surface area contributed by atoms with Crippen LogP contribution in [0.5, 0.6) is 0 Å². The van der Waals surface area contributed by atoms with Gasteiger partial charge in [-0.2, -0.15) is 0 Å². The smallest absolute Gasteiger partial charge is 0.325 e. The van der Waals surface area contributed by atoms with Gasteiger partial charge in [-0.1, -0.05) is 34.1 Å². The lowest BCUT2D eigenvalue weighted by Crippen LogP contribution is -2.45. The van der Waals surface area contributed by atoms with Gasteiger partial charge in [0.2, 0.25) is 0 Å². The third-order valence-electron chi connectivity index (χ3n) is 2.49. The molecule has 1 N–H and O–H groups in total. The molecule has 0 saturated carbocycles. The molecule has 0 aliphatic carbocycles. The van der Waals surface area contributed by atoms with Gasteiger partial charge in [-0.3, -0.25) is 4.79 Å². The monoisotopic (exact) mass is 245 g/mol. The van der Waals surface area contributed by atoms with E-state index in [1.54, 1.807) is 0 Å². The Morgan fingerprint density at radius 1 is 1.24 bits per heavy atom. The van der Waals surface area contributed by atoms with E-state index in [1.807, 2.05) is 13.8 Å². The fourth-order valence-corrected chi connectivity index (χ4v) is 1.69. The van der Waals surface area contributed by atoms with E-state index in [-0.39, 0.29) is 18.1 Å². The summed E-state index contributed by atoms with van der Waals surface area (Å²) in [6, 6.07) is -0.135. The van der Waals surface area contributed by atoms with Crippen LogP contribution in [0.15, 0.2) is 0 Å². The highest BCUT2D eigenvalue weighted by molar-refractivity contribution is 5.75. The topological polar surface area (TPSA) is 47.6 Å². The van der Waals surface area contributed by atoms with Crippen LogP contribution in [0.25, 0.3) is 0 Å². The fraction of sp³-hybridized carbons (Fsp3) is 0.923. The summed E-state index contributed by atoms with van der Waals surface area (Å²) >= 11 is 0. The lowest BCUT2D eigenvalue weighted by molar-refractivity contribution is -0.145. The molecule has 0 spiro atoms. The van der Waals surface area contributed by atoms with Gasteiger partial charge in [0.15, 0.2) is 0 Å². The molecular weight excluding hydrogens is 218 g/mol. The Bertz CT molecular complexity index is 207. The van der Waals surface area contributed by atoms with E-state index in [4.69, 9.17) is 9.47 Å². The van der Waals surface area contributed by atoms with Crippen LogP contribution >= 0.6 is 0 Å². The first-order chi connectivity index (χ1) is 8.01. The summed E-state index contributed by atoms with van der Waals surface area (Å²) in [7, 11) is 1.40. The maximum Gasteiger partial charge on any atom is 0.325 e. The first-order valence-electron chi connectivity index (χ1n) is 6.42. The Hall–Kier alpha value is -0.610. The van der Waals surface area contributed by atoms with Crippen molar-refractivity contribution in [1.82, 2.24) is 5.32 Å². The van der Waals surface area contributed by atoms with E-state index in [1.165, 1.54) is 7.11 Å². The molecule has 0 aliphatic rings. The van der Waals surface area contributed by atoms with E-state index in [0.29, 0.717) is 19.1 Å². The number of methoxy groups -OCH3 is 1. The van der Waals surface area contributed by atoms with Crippen molar-refractivity contribution in [3.05, 3.63) is 0 Å². The lowest BCUT2D eigenvalue weighted by Gasteiger charge is -2.20. The summed E-state index contributed by atoms with van der Waals surface area (Å²) in [6.07, 6.45) is 2.32. The van der Waals surface area contributed by atoms with Crippen LogP contribution in [-0.4, -0.2) is 38.4 Å². The highest BCUT2D eigenvalue weighted by Gasteiger charge is 2.20. The normalized spacial score (nSPS) is 14.7. The number of carbonyl (C=O) groups is 1. The molecule has 0 saturated heterocycles. The summed E-state index contributed by atoms with van der Waals surface area (Å²) in [4.78, 5) is 11.5. The lowest BCUT2D eigenvalue weighted by atomic mass is 10.1. The van der Waals surface area contributed by atoms with Gasteiger partial charge in [-0.15, -0.1) is 0 Å². The number of hydrogen-bond acceptors (Lipinski definition) is 4. The summed E-state index contributed by atoms with van der Waals surface area (Å²) in [5.74, 6) is 0.277. The third-order valence-corrected chi connectivity index (χ3v) is 2.49. The second-order valence-corrected chi connectivity index (χ2v) is 4.83. The Labute approximate surface area is 105 Å². The number of nitrogens with one attached hydrogen (secondary N) is 1. The summed E-state index contributed by atoms with van der Waals surface area (Å²) in [5, 5.41) is 3.14. The first kappa shape index (κ1) is 16.4. The van der Waals surface area contributed by atoms with Crippen LogP contribution in [0.1, 0.15) is 40.5 Å². The Morgan fingerprint density at radius 2 is 1.88 bits per heavy atom. The molecule has 4 heteroatoms. The Balaban J connectivity index is 3.95. The molecular formula is C13H27NO3. The molecule has 17 heavy (non-hydrogen) atoms. The number of ether oxygens (including phenoxy) is 2. The largest absolute Gasteiger partial charge is 0.468 e. The molecule has 0 radical (unpaired) electrons. The minimum atomic E-state index is -0.367. The minimum absolute atomic E-state index is 0.232. The maximum atomic E-state index is 11.5. The van der Waals surface area contributed by atoms with Crippen LogP contribution in [0.4, 0.5) is 0 Å². The zero-order valence-electron chi connectivity index (χ0n) is 11.8. The zero-order valence-corrected chi connectivity index (χ0v) is 11.8. The molecule has 0 aromatic carbocycles. The molecule has 0 aromatic rings. The molecule has 102 valence electrons. The highest BCUT2D eigenvalue weighted by atomic mass is 16.5. The summed E-state index contributed by atoms with van der Waals surface area (Å²) in [5.41, 5.74) is 0. The van der Waals surface area contributed by atoms with Gasteiger partial charge in [-0.25, -0.2) is 0 Å². The van der Waals surface area contributed by atoms with E-state index < -0.39 is 0 Å². The van der Waals surface area contributed by atoms with Gasteiger partial charge in [-0.05, 0) is 12.3 Å². The summed E-state index contributed by atoms with van der Waals surface area (Å²) < 4.78 is 10.3. The molecule has 2 unspecified atom stereocenters. The Morgan fingerprint density at radius 3 is 2.35 bits per heavy atom. The predicted octanol–water partition coefficient (Wildman–Crippen LogP) is 1.98. The molecule has 0 heterocycles. The molecule has 0 aromatic heterocycles. The van der Waals surface area contributed by atoms with Crippen molar-refractivity contribution in [1.29, 1.82) is 0 Å². The van der Waals surface area contributed by atoms with Crippen LogP contribution in [0.3, 0.4) is 0 Å². The van der Waals surface area contributed by atoms with Crippen LogP contribution in [-0.2, 0) is 14.3 Å². The van der Waals surface area contributed by atoms with E-state index in [9.17, 15) is 4.79 Å². The number of carbonyl (C=O) groups excluding carboxylic acids is 1. The van der Waals surface area contributed by atoms with E-state index >= 15 is 0 Å². The highest BCUT2D eigenvalue weighted by Crippen LogP contribution is 2.05. The molecule has 0 bridgehead atoms. The van der Waals surface area contributed by atoms with Crippen LogP contribution < -0.4 is 5.32 Å². The first-order valence-corrected chi connectivity index (χ1v) is 6.42. The van der Waals surface area contributed by atoms with Gasteiger partial charge >= 0.3 is 5.97 Å². The number of hydrogen-bond donors (Lipinski definition) is 1.